The van der Waals surface area contributed by atoms with Crippen molar-refractivity contribution >= 4 is 17.7 Å². The lowest BCUT2D eigenvalue weighted by atomic mass is 10.1. The van der Waals surface area contributed by atoms with Crippen LogP contribution < -0.4 is 0 Å². The Morgan fingerprint density at radius 3 is 2.27 bits per heavy atom. The molecular weight excluding hydrogens is 382 g/mol. The summed E-state index contributed by atoms with van der Waals surface area (Å²) < 4.78 is 10.9. The second kappa shape index (κ2) is 9.22. The zero-order valence-corrected chi connectivity index (χ0v) is 17.1. The summed E-state index contributed by atoms with van der Waals surface area (Å²) in [6.07, 6.45) is -0.949. The molecule has 2 aromatic carbocycles. The van der Waals surface area contributed by atoms with Gasteiger partial charge in [-0.15, -0.1) is 0 Å². The minimum atomic E-state index is -0.949. The summed E-state index contributed by atoms with van der Waals surface area (Å²) in [5.41, 5.74) is 2.31. The van der Waals surface area contributed by atoms with Gasteiger partial charge in [0, 0.05) is 24.7 Å². The van der Waals surface area contributed by atoms with Gasteiger partial charge in [0.1, 0.15) is 5.76 Å². The van der Waals surface area contributed by atoms with Crippen molar-refractivity contribution in [2.24, 2.45) is 0 Å². The topological polar surface area (TPSA) is 76.8 Å². The number of Topliss-reactive ketones (excluding diaryl/α,β-unsaturated/α-hetero) is 1. The van der Waals surface area contributed by atoms with Gasteiger partial charge in [-0.3, -0.25) is 9.59 Å². The van der Waals surface area contributed by atoms with Crippen LogP contribution in [0.5, 0.6) is 0 Å². The minimum Gasteiger partial charge on any atom is -0.449 e. The molecule has 0 spiro atoms. The smallest absolute Gasteiger partial charge is 0.375 e. The number of carbonyl (C=O) groups is 3. The van der Waals surface area contributed by atoms with Crippen molar-refractivity contribution in [1.82, 2.24) is 4.90 Å². The van der Waals surface area contributed by atoms with Crippen molar-refractivity contribution in [3.05, 3.63) is 83.6 Å². The van der Waals surface area contributed by atoms with E-state index in [4.69, 9.17) is 9.15 Å². The second-order valence-electron chi connectivity index (χ2n) is 7.02. The first-order chi connectivity index (χ1) is 14.3. The summed E-state index contributed by atoms with van der Waals surface area (Å²) in [6.45, 7) is 3.45. The molecule has 3 aromatic rings. The Morgan fingerprint density at radius 1 is 0.967 bits per heavy atom. The summed E-state index contributed by atoms with van der Waals surface area (Å²) in [7, 11) is 1.66. The first-order valence-corrected chi connectivity index (χ1v) is 9.56. The Balaban J connectivity index is 1.61. The van der Waals surface area contributed by atoms with Crippen molar-refractivity contribution in [2.75, 3.05) is 7.05 Å². The van der Waals surface area contributed by atoms with Crippen LogP contribution in [-0.4, -0.2) is 35.7 Å². The van der Waals surface area contributed by atoms with Crippen LogP contribution in [0.3, 0.4) is 0 Å². The van der Waals surface area contributed by atoms with E-state index in [-0.39, 0.29) is 17.5 Å². The Hall–Kier alpha value is -3.67. The largest absolute Gasteiger partial charge is 0.449 e. The molecule has 1 atom stereocenters. The molecule has 30 heavy (non-hydrogen) atoms. The van der Waals surface area contributed by atoms with E-state index in [2.05, 4.69) is 0 Å². The highest BCUT2D eigenvalue weighted by atomic mass is 16.6. The summed E-state index contributed by atoms with van der Waals surface area (Å²) in [5, 5.41) is 0. The molecule has 0 fully saturated rings. The third-order valence-corrected chi connectivity index (χ3v) is 4.65. The molecule has 0 N–H and O–H groups in total. The molecule has 154 valence electrons. The molecule has 0 bridgehead atoms. The number of ether oxygens (including phenoxy) is 1. The van der Waals surface area contributed by atoms with Crippen LogP contribution in [0.25, 0.3) is 11.3 Å². The van der Waals surface area contributed by atoms with Gasteiger partial charge in [0.05, 0.1) is 0 Å². The van der Waals surface area contributed by atoms with Crippen LogP contribution in [0.4, 0.5) is 0 Å². The van der Waals surface area contributed by atoms with E-state index >= 15 is 0 Å². The number of furan rings is 1. The predicted octanol–water partition coefficient (Wildman–Crippen LogP) is 4.35. The number of amides is 1. The molecule has 0 unspecified atom stereocenters. The molecule has 0 aliphatic heterocycles. The molecule has 0 saturated heterocycles. The van der Waals surface area contributed by atoms with Gasteiger partial charge in [-0.05, 0) is 31.5 Å². The van der Waals surface area contributed by atoms with Crippen molar-refractivity contribution in [3.63, 3.8) is 0 Å². The number of likely N-dealkylation sites (N-methyl/N-ethyl adjacent to an activating group) is 1. The maximum atomic E-state index is 12.5. The highest BCUT2D eigenvalue weighted by Gasteiger charge is 2.24. The molecule has 0 aliphatic rings. The van der Waals surface area contributed by atoms with Gasteiger partial charge in [0.25, 0.3) is 5.91 Å². The number of carbonyl (C=O) groups excluding carboxylic acids is 3. The maximum absolute atomic E-state index is 12.5. The van der Waals surface area contributed by atoms with Crippen LogP contribution in [0, 0.1) is 0 Å². The summed E-state index contributed by atoms with van der Waals surface area (Å²) in [4.78, 5) is 37.8. The van der Waals surface area contributed by atoms with Crippen molar-refractivity contribution < 1.29 is 23.5 Å². The Kier molecular flexibility index (Phi) is 6.47. The van der Waals surface area contributed by atoms with E-state index < -0.39 is 12.1 Å². The fourth-order valence-corrected chi connectivity index (χ4v) is 2.99. The van der Waals surface area contributed by atoms with Gasteiger partial charge in [-0.25, -0.2) is 4.79 Å². The van der Waals surface area contributed by atoms with Crippen molar-refractivity contribution in [1.29, 1.82) is 0 Å². The van der Waals surface area contributed by atoms with Crippen molar-refractivity contribution in [3.8, 4) is 11.3 Å². The zero-order chi connectivity index (χ0) is 21.7. The quantitative estimate of drug-likeness (QED) is 0.431. The van der Waals surface area contributed by atoms with Crippen LogP contribution in [0.15, 0.2) is 71.1 Å². The van der Waals surface area contributed by atoms with E-state index in [1.165, 1.54) is 24.8 Å². The Bertz CT molecular complexity index is 1040. The van der Waals surface area contributed by atoms with E-state index in [9.17, 15) is 14.4 Å². The summed E-state index contributed by atoms with van der Waals surface area (Å²) in [6, 6.07) is 19.6. The van der Waals surface area contributed by atoms with E-state index in [0.29, 0.717) is 17.9 Å². The third-order valence-electron chi connectivity index (χ3n) is 4.65. The molecule has 1 aromatic heterocycles. The second-order valence-corrected chi connectivity index (χ2v) is 7.02. The van der Waals surface area contributed by atoms with Crippen LogP contribution in [0.1, 0.15) is 40.3 Å². The Morgan fingerprint density at radius 2 is 1.63 bits per heavy atom. The lowest BCUT2D eigenvalue weighted by molar-refractivity contribution is -0.139. The molecule has 0 aliphatic carbocycles. The lowest BCUT2D eigenvalue weighted by Crippen LogP contribution is -2.37. The normalized spacial score (nSPS) is 11.6. The van der Waals surface area contributed by atoms with E-state index in [1.807, 2.05) is 30.3 Å². The van der Waals surface area contributed by atoms with Gasteiger partial charge < -0.3 is 14.1 Å². The fraction of sp³-hybridized carbons (Fsp3) is 0.208. The molecular formula is C24H23NO5. The standard InChI is InChI=1S/C24H23NO5/c1-16(26)19-9-11-20(12-10-19)21-13-14-22(30-21)24(28)29-17(2)23(27)25(3)15-18-7-5-4-6-8-18/h4-14,17H,15H2,1-3H3/t17-/m0/s1. The molecule has 6 heteroatoms. The minimum absolute atomic E-state index is 0.00556. The van der Waals surface area contributed by atoms with Crippen molar-refractivity contribution in [2.45, 2.75) is 26.5 Å². The van der Waals surface area contributed by atoms with Gasteiger partial charge in [-0.2, -0.15) is 0 Å². The Labute approximate surface area is 175 Å². The first kappa shape index (κ1) is 21.0. The van der Waals surface area contributed by atoms with Gasteiger partial charge in [-0.1, -0.05) is 54.6 Å². The zero-order valence-electron chi connectivity index (χ0n) is 17.1. The fourth-order valence-electron chi connectivity index (χ4n) is 2.99. The summed E-state index contributed by atoms with van der Waals surface area (Å²) in [5.74, 6) is -0.571. The number of hydrogen-bond acceptors (Lipinski definition) is 5. The SMILES string of the molecule is CC(=O)c1ccc(-c2ccc(C(=O)O[C@@H](C)C(=O)N(C)Cc3ccccc3)o2)cc1. The predicted molar refractivity (Wildman–Crippen MR) is 112 cm³/mol. The lowest BCUT2D eigenvalue weighted by Gasteiger charge is -2.21. The van der Waals surface area contributed by atoms with Gasteiger partial charge in [0.15, 0.2) is 11.9 Å². The van der Waals surface area contributed by atoms with E-state index in [0.717, 1.165) is 11.1 Å². The number of benzene rings is 2. The number of rotatable bonds is 7. The molecule has 0 radical (unpaired) electrons. The molecule has 1 heterocycles. The van der Waals surface area contributed by atoms with Crippen LogP contribution >= 0.6 is 0 Å². The first-order valence-electron chi connectivity index (χ1n) is 9.56. The number of nitrogens with zero attached hydrogens (tertiary/aromatic N) is 1. The number of hydrogen-bond donors (Lipinski definition) is 0. The third kappa shape index (κ3) is 5.03. The molecule has 0 saturated carbocycles. The molecule has 3 rings (SSSR count). The average Bonchev–Trinajstić information content (AvgIpc) is 3.24. The summed E-state index contributed by atoms with van der Waals surface area (Å²) >= 11 is 0. The van der Waals surface area contributed by atoms with Crippen LogP contribution in [-0.2, 0) is 16.1 Å². The van der Waals surface area contributed by atoms with Gasteiger partial charge >= 0.3 is 5.97 Å². The van der Waals surface area contributed by atoms with Gasteiger partial charge in [0.2, 0.25) is 5.76 Å². The number of ketones is 1. The molecule has 6 nitrogen and oxygen atoms in total. The maximum Gasteiger partial charge on any atom is 0.375 e. The van der Waals surface area contributed by atoms with E-state index in [1.54, 1.807) is 37.4 Å². The molecule has 1 amide bonds. The number of esters is 1. The highest BCUT2D eigenvalue weighted by molar-refractivity contribution is 5.94. The van der Waals surface area contributed by atoms with Crippen LogP contribution in [0.2, 0.25) is 0 Å². The average molecular weight is 405 g/mol. The monoisotopic (exact) mass is 405 g/mol. The highest BCUT2D eigenvalue weighted by Crippen LogP contribution is 2.23.